The number of carbonyl (C=O) groups excluding carboxylic acids is 2. The molecule has 142 valence electrons. The van der Waals surface area contributed by atoms with Crippen LogP contribution in [0, 0.1) is 5.82 Å². The average molecular weight is 411 g/mol. The first-order chi connectivity index (χ1) is 12.9. The molecule has 1 N–H and O–H groups in total. The third kappa shape index (κ3) is 4.17. The number of carbonyl (C=O) groups is 2. The zero-order valence-electron chi connectivity index (χ0n) is 14.5. The van der Waals surface area contributed by atoms with E-state index in [-0.39, 0.29) is 22.6 Å². The first-order valence-corrected chi connectivity index (χ1v) is 9.06. The molecule has 27 heavy (non-hydrogen) atoms. The minimum atomic E-state index is -0.637. The molecule has 0 aromatic heterocycles. The van der Waals surface area contributed by atoms with Crippen LogP contribution >= 0.6 is 23.2 Å². The van der Waals surface area contributed by atoms with E-state index in [9.17, 15) is 14.0 Å². The lowest BCUT2D eigenvalue weighted by atomic mass is 10.1. The number of hydrogen-bond acceptors (Lipinski definition) is 3. The van der Waals surface area contributed by atoms with E-state index in [2.05, 4.69) is 5.32 Å². The molecular weight excluding hydrogens is 394 g/mol. The first kappa shape index (κ1) is 19.5. The number of likely N-dealkylation sites (tertiary alicyclic amines) is 1. The van der Waals surface area contributed by atoms with Gasteiger partial charge in [-0.1, -0.05) is 23.2 Å². The quantitative estimate of drug-likeness (QED) is 0.812. The van der Waals surface area contributed by atoms with Crippen molar-refractivity contribution in [1.82, 2.24) is 4.90 Å². The van der Waals surface area contributed by atoms with E-state index in [1.54, 1.807) is 12.1 Å². The number of ether oxygens (including phenoxy) is 1. The summed E-state index contributed by atoms with van der Waals surface area (Å²) in [4.78, 5) is 27.1. The van der Waals surface area contributed by atoms with Crippen molar-refractivity contribution < 1.29 is 18.7 Å². The molecule has 1 aliphatic heterocycles. The van der Waals surface area contributed by atoms with Crippen molar-refractivity contribution in [3.05, 3.63) is 57.8 Å². The number of hydrogen-bond donors (Lipinski definition) is 1. The Labute approximate surface area is 166 Å². The fraction of sp³-hybridized carbons (Fsp3) is 0.263. The van der Waals surface area contributed by atoms with E-state index in [0.29, 0.717) is 35.7 Å². The molecule has 1 saturated heterocycles. The molecule has 1 atom stereocenters. The SMILES string of the molecule is COc1cc(F)ccc1NC(=O)C1CCCN1C(=O)c1ccc(Cl)c(Cl)c1. The molecule has 5 nitrogen and oxygen atoms in total. The minimum Gasteiger partial charge on any atom is -0.494 e. The summed E-state index contributed by atoms with van der Waals surface area (Å²) >= 11 is 11.9. The van der Waals surface area contributed by atoms with Crippen LogP contribution in [0.5, 0.6) is 5.75 Å². The summed E-state index contributed by atoms with van der Waals surface area (Å²) in [5.41, 5.74) is 0.709. The van der Waals surface area contributed by atoms with Gasteiger partial charge in [-0.3, -0.25) is 9.59 Å². The predicted molar refractivity (Wildman–Crippen MR) is 102 cm³/mol. The van der Waals surface area contributed by atoms with Gasteiger partial charge in [0.1, 0.15) is 17.6 Å². The van der Waals surface area contributed by atoms with Gasteiger partial charge < -0.3 is 15.0 Å². The molecule has 0 spiro atoms. The molecule has 0 aliphatic carbocycles. The van der Waals surface area contributed by atoms with Crippen LogP contribution in [0.3, 0.4) is 0 Å². The lowest BCUT2D eigenvalue weighted by Gasteiger charge is -2.24. The van der Waals surface area contributed by atoms with Crippen LogP contribution in [0.4, 0.5) is 10.1 Å². The van der Waals surface area contributed by atoms with E-state index >= 15 is 0 Å². The standard InChI is InChI=1S/C19H17Cl2FN2O3/c1-27-17-10-12(22)5-7-15(17)23-18(25)16-3-2-8-24(16)19(26)11-4-6-13(20)14(21)9-11/h4-7,9-10,16H,2-3,8H2,1H3,(H,23,25). The van der Waals surface area contributed by atoms with Gasteiger partial charge in [0.15, 0.2) is 0 Å². The van der Waals surface area contributed by atoms with Gasteiger partial charge in [0, 0.05) is 18.2 Å². The molecule has 3 rings (SSSR count). The highest BCUT2D eigenvalue weighted by molar-refractivity contribution is 6.42. The summed E-state index contributed by atoms with van der Waals surface area (Å²) in [6, 6.07) is 7.81. The molecule has 2 amide bonds. The van der Waals surface area contributed by atoms with E-state index in [1.165, 1.54) is 36.3 Å². The molecule has 0 saturated carbocycles. The second kappa shape index (κ2) is 8.15. The Morgan fingerprint density at radius 2 is 1.96 bits per heavy atom. The third-order valence-corrected chi connectivity index (χ3v) is 5.14. The van der Waals surface area contributed by atoms with E-state index < -0.39 is 11.9 Å². The lowest BCUT2D eigenvalue weighted by molar-refractivity contribution is -0.119. The largest absolute Gasteiger partial charge is 0.494 e. The zero-order valence-corrected chi connectivity index (χ0v) is 16.0. The van der Waals surface area contributed by atoms with Gasteiger partial charge >= 0.3 is 0 Å². The van der Waals surface area contributed by atoms with Crippen molar-refractivity contribution >= 4 is 40.7 Å². The van der Waals surface area contributed by atoms with Crippen LogP contribution in [0.25, 0.3) is 0 Å². The fourth-order valence-electron chi connectivity index (χ4n) is 3.06. The molecule has 8 heteroatoms. The number of nitrogens with zero attached hydrogens (tertiary/aromatic N) is 1. The van der Waals surface area contributed by atoms with Crippen molar-refractivity contribution in [3.8, 4) is 5.75 Å². The molecule has 0 radical (unpaired) electrons. The summed E-state index contributed by atoms with van der Waals surface area (Å²) in [6.45, 7) is 0.456. The Morgan fingerprint density at radius 3 is 2.67 bits per heavy atom. The van der Waals surface area contributed by atoms with Crippen LogP contribution in [-0.4, -0.2) is 36.4 Å². The van der Waals surface area contributed by atoms with Gasteiger partial charge in [0.05, 0.1) is 22.8 Å². The van der Waals surface area contributed by atoms with Crippen molar-refractivity contribution in [2.24, 2.45) is 0 Å². The van der Waals surface area contributed by atoms with Gasteiger partial charge in [-0.2, -0.15) is 0 Å². The zero-order chi connectivity index (χ0) is 19.6. The summed E-state index contributed by atoms with van der Waals surface area (Å²) in [7, 11) is 1.39. The normalized spacial score (nSPS) is 16.3. The second-order valence-corrected chi connectivity index (χ2v) is 6.93. The van der Waals surface area contributed by atoms with Gasteiger partial charge in [0.25, 0.3) is 5.91 Å². The number of anilines is 1. The number of nitrogens with one attached hydrogen (secondary N) is 1. The Kier molecular flexibility index (Phi) is 5.87. The number of halogens is 3. The maximum Gasteiger partial charge on any atom is 0.254 e. The average Bonchev–Trinajstić information content (AvgIpc) is 3.14. The Hall–Kier alpha value is -2.31. The van der Waals surface area contributed by atoms with E-state index in [0.717, 1.165) is 0 Å². The van der Waals surface area contributed by atoms with Crippen LogP contribution in [0.15, 0.2) is 36.4 Å². The molecule has 2 aromatic rings. The number of benzene rings is 2. The molecule has 1 fully saturated rings. The van der Waals surface area contributed by atoms with Gasteiger partial charge in [0.2, 0.25) is 5.91 Å². The monoisotopic (exact) mass is 410 g/mol. The first-order valence-electron chi connectivity index (χ1n) is 8.31. The Bertz CT molecular complexity index is 891. The maximum absolute atomic E-state index is 13.3. The van der Waals surface area contributed by atoms with E-state index in [4.69, 9.17) is 27.9 Å². The summed E-state index contributed by atoms with van der Waals surface area (Å²) < 4.78 is 18.4. The smallest absolute Gasteiger partial charge is 0.254 e. The molecule has 1 unspecified atom stereocenters. The topological polar surface area (TPSA) is 58.6 Å². The Balaban J connectivity index is 1.78. The van der Waals surface area contributed by atoms with Crippen molar-refractivity contribution in [2.45, 2.75) is 18.9 Å². The molecule has 1 heterocycles. The predicted octanol–water partition coefficient (Wildman–Crippen LogP) is 4.38. The van der Waals surface area contributed by atoms with Gasteiger partial charge in [-0.05, 0) is 43.2 Å². The fourth-order valence-corrected chi connectivity index (χ4v) is 3.36. The van der Waals surface area contributed by atoms with Crippen LogP contribution in [0.1, 0.15) is 23.2 Å². The van der Waals surface area contributed by atoms with Crippen molar-refractivity contribution in [1.29, 1.82) is 0 Å². The number of rotatable bonds is 4. The van der Waals surface area contributed by atoms with Crippen LogP contribution < -0.4 is 10.1 Å². The molecule has 0 bridgehead atoms. The minimum absolute atomic E-state index is 0.212. The lowest BCUT2D eigenvalue weighted by Crippen LogP contribution is -2.43. The summed E-state index contributed by atoms with van der Waals surface area (Å²) in [5, 5.41) is 3.35. The highest BCUT2D eigenvalue weighted by atomic mass is 35.5. The molecule has 2 aromatic carbocycles. The van der Waals surface area contributed by atoms with E-state index in [1.807, 2.05) is 0 Å². The second-order valence-electron chi connectivity index (χ2n) is 6.12. The van der Waals surface area contributed by atoms with Crippen LogP contribution in [0.2, 0.25) is 10.0 Å². The summed E-state index contributed by atoms with van der Waals surface area (Å²) in [5.74, 6) is -0.908. The Morgan fingerprint density at radius 1 is 1.19 bits per heavy atom. The number of methoxy groups -OCH3 is 1. The van der Waals surface area contributed by atoms with Gasteiger partial charge in [-0.25, -0.2) is 4.39 Å². The van der Waals surface area contributed by atoms with Gasteiger partial charge in [-0.15, -0.1) is 0 Å². The molecular formula is C19H17Cl2FN2O3. The third-order valence-electron chi connectivity index (χ3n) is 4.40. The van der Waals surface area contributed by atoms with Crippen LogP contribution in [-0.2, 0) is 4.79 Å². The highest BCUT2D eigenvalue weighted by Gasteiger charge is 2.35. The number of amides is 2. The molecule has 1 aliphatic rings. The van der Waals surface area contributed by atoms with Crippen molar-refractivity contribution in [3.63, 3.8) is 0 Å². The van der Waals surface area contributed by atoms with Crippen molar-refractivity contribution in [2.75, 3.05) is 19.0 Å². The maximum atomic E-state index is 13.3. The highest BCUT2D eigenvalue weighted by Crippen LogP contribution is 2.28. The summed E-state index contributed by atoms with van der Waals surface area (Å²) in [6.07, 6.45) is 1.23.